The summed E-state index contributed by atoms with van der Waals surface area (Å²) >= 11 is 2.21. The molecule has 0 unspecified atom stereocenters. The van der Waals surface area contributed by atoms with Gasteiger partial charge in [0.15, 0.2) is 0 Å². The Hall–Kier alpha value is -1.02. The Balaban J connectivity index is 2.06. The molecule has 0 bridgehead atoms. The monoisotopic (exact) mass is 357 g/mol. The van der Waals surface area contributed by atoms with Crippen LogP contribution in [-0.4, -0.2) is 25.3 Å². The van der Waals surface area contributed by atoms with Gasteiger partial charge in [0, 0.05) is 36.2 Å². The molecule has 0 aliphatic carbocycles. The van der Waals surface area contributed by atoms with Gasteiger partial charge in [-0.05, 0) is 43.4 Å². The molecular formula is C12H16IN5. The Morgan fingerprint density at radius 3 is 2.39 bits per heavy atom. The second-order valence-corrected chi connectivity index (χ2v) is 6.34. The smallest absolute Gasteiger partial charge is 0.250 e. The van der Waals surface area contributed by atoms with Crippen molar-refractivity contribution >= 4 is 22.6 Å². The van der Waals surface area contributed by atoms with Gasteiger partial charge in [-0.15, -0.1) is 0 Å². The molecule has 0 fully saturated rings. The molecule has 2 rings (SSSR count). The topological polar surface area (TPSA) is 55.6 Å². The normalized spacial score (nSPS) is 11.8. The summed E-state index contributed by atoms with van der Waals surface area (Å²) in [6.45, 7) is 7.16. The molecular weight excluding hydrogens is 341 g/mol. The van der Waals surface area contributed by atoms with Crippen molar-refractivity contribution in [2.45, 2.75) is 32.9 Å². The summed E-state index contributed by atoms with van der Waals surface area (Å²) in [5.74, 6) is 0.595. The van der Waals surface area contributed by atoms with E-state index in [1.807, 2.05) is 18.6 Å². The van der Waals surface area contributed by atoms with Crippen LogP contribution in [0.25, 0.3) is 5.95 Å². The van der Waals surface area contributed by atoms with Crippen molar-refractivity contribution < 1.29 is 0 Å². The van der Waals surface area contributed by atoms with Crippen molar-refractivity contribution in [2.75, 3.05) is 0 Å². The highest BCUT2D eigenvalue weighted by atomic mass is 127. The quantitative estimate of drug-likeness (QED) is 0.856. The zero-order chi connectivity index (χ0) is 13.2. The van der Waals surface area contributed by atoms with Crippen LogP contribution in [0.15, 0.2) is 24.8 Å². The number of nitrogens with one attached hydrogen (secondary N) is 1. The SMILES string of the molecule is CC(C)(C)NCc1cnc(-n2cc(I)cn2)nc1. The Morgan fingerprint density at radius 1 is 1.22 bits per heavy atom. The summed E-state index contributed by atoms with van der Waals surface area (Å²) in [5, 5.41) is 7.57. The minimum absolute atomic E-state index is 0.0940. The van der Waals surface area contributed by atoms with Crippen molar-refractivity contribution in [3.63, 3.8) is 0 Å². The first-order valence-corrected chi connectivity index (χ1v) is 6.78. The number of nitrogens with zero attached hydrogens (tertiary/aromatic N) is 4. The molecule has 0 radical (unpaired) electrons. The first-order valence-electron chi connectivity index (χ1n) is 5.70. The first-order chi connectivity index (χ1) is 8.44. The third-order valence-electron chi connectivity index (χ3n) is 2.27. The Kier molecular flexibility index (Phi) is 3.96. The van der Waals surface area contributed by atoms with Crippen LogP contribution in [0.4, 0.5) is 0 Å². The lowest BCUT2D eigenvalue weighted by Gasteiger charge is -2.20. The van der Waals surface area contributed by atoms with E-state index in [9.17, 15) is 0 Å². The highest BCUT2D eigenvalue weighted by Gasteiger charge is 2.09. The lowest BCUT2D eigenvalue weighted by molar-refractivity contribution is 0.423. The first kappa shape index (κ1) is 13.4. The van der Waals surface area contributed by atoms with Crippen molar-refractivity contribution in [2.24, 2.45) is 0 Å². The lowest BCUT2D eigenvalue weighted by Crippen LogP contribution is -2.35. The predicted molar refractivity (Wildman–Crippen MR) is 78.5 cm³/mol. The highest BCUT2D eigenvalue weighted by molar-refractivity contribution is 14.1. The van der Waals surface area contributed by atoms with Crippen molar-refractivity contribution in [1.29, 1.82) is 0 Å². The molecule has 2 aromatic heterocycles. The van der Waals surface area contributed by atoms with Gasteiger partial charge >= 0.3 is 0 Å². The molecule has 0 amide bonds. The number of hydrogen-bond donors (Lipinski definition) is 1. The van der Waals surface area contributed by atoms with Gasteiger partial charge in [0.2, 0.25) is 5.95 Å². The van der Waals surface area contributed by atoms with Crippen LogP contribution >= 0.6 is 22.6 Å². The Bertz CT molecular complexity index is 512. The molecule has 0 spiro atoms. The summed E-state index contributed by atoms with van der Waals surface area (Å²) < 4.78 is 2.73. The summed E-state index contributed by atoms with van der Waals surface area (Å²) in [6, 6.07) is 0. The van der Waals surface area contributed by atoms with Crippen LogP contribution in [0.2, 0.25) is 0 Å². The van der Waals surface area contributed by atoms with Crippen LogP contribution in [0.1, 0.15) is 26.3 Å². The Morgan fingerprint density at radius 2 is 1.89 bits per heavy atom. The second-order valence-electron chi connectivity index (χ2n) is 5.10. The number of aromatic nitrogens is 4. The molecule has 18 heavy (non-hydrogen) atoms. The van der Waals surface area contributed by atoms with Crippen LogP contribution in [0, 0.1) is 3.57 Å². The third kappa shape index (κ3) is 3.74. The van der Waals surface area contributed by atoms with Gasteiger partial charge in [-0.25, -0.2) is 14.6 Å². The van der Waals surface area contributed by atoms with Crippen LogP contribution < -0.4 is 5.32 Å². The molecule has 6 heteroatoms. The van der Waals surface area contributed by atoms with Gasteiger partial charge in [-0.3, -0.25) is 0 Å². The largest absolute Gasteiger partial charge is 0.308 e. The van der Waals surface area contributed by atoms with Gasteiger partial charge < -0.3 is 5.32 Å². The summed E-state index contributed by atoms with van der Waals surface area (Å²) in [4.78, 5) is 8.62. The molecule has 0 saturated carbocycles. The second kappa shape index (κ2) is 5.31. The van der Waals surface area contributed by atoms with Crippen LogP contribution in [0.5, 0.6) is 0 Å². The minimum atomic E-state index is 0.0940. The molecule has 2 aromatic rings. The average Bonchev–Trinajstić information content (AvgIpc) is 2.73. The molecule has 1 N–H and O–H groups in total. The van der Waals surface area contributed by atoms with E-state index in [2.05, 4.69) is 63.7 Å². The van der Waals surface area contributed by atoms with Gasteiger partial charge in [-0.2, -0.15) is 5.10 Å². The van der Waals surface area contributed by atoms with Crippen molar-refractivity contribution in [3.8, 4) is 5.95 Å². The summed E-state index contributed by atoms with van der Waals surface area (Å²) in [6.07, 6.45) is 7.33. The zero-order valence-corrected chi connectivity index (χ0v) is 12.8. The maximum Gasteiger partial charge on any atom is 0.250 e. The Labute approximate surface area is 120 Å². The number of hydrogen-bond acceptors (Lipinski definition) is 4. The molecule has 0 saturated heterocycles. The molecule has 5 nitrogen and oxygen atoms in total. The third-order valence-corrected chi connectivity index (χ3v) is 2.83. The van der Waals surface area contributed by atoms with Gasteiger partial charge in [0.25, 0.3) is 0 Å². The standard InChI is InChI=1S/C12H16IN5/c1-12(2,3)16-6-9-4-14-11(15-5-9)18-8-10(13)7-17-18/h4-5,7-8,16H,6H2,1-3H3. The van der Waals surface area contributed by atoms with E-state index < -0.39 is 0 Å². The number of halogens is 1. The number of rotatable bonds is 3. The van der Waals surface area contributed by atoms with E-state index in [1.54, 1.807) is 10.9 Å². The van der Waals surface area contributed by atoms with Gasteiger partial charge in [0.1, 0.15) is 0 Å². The van der Waals surface area contributed by atoms with Gasteiger partial charge in [-0.1, -0.05) is 0 Å². The molecule has 0 aromatic carbocycles. The maximum atomic E-state index is 4.31. The van der Waals surface area contributed by atoms with E-state index >= 15 is 0 Å². The maximum absolute atomic E-state index is 4.31. The van der Waals surface area contributed by atoms with E-state index in [0.29, 0.717) is 5.95 Å². The lowest BCUT2D eigenvalue weighted by atomic mass is 10.1. The molecule has 0 atom stereocenters. The molecule has 0 aliphatic heterocycles. The fraction of sp³-hybridized carbons (Fsp3) is 0.417. The fourth-order valence-corrected chi connectivity index (χ4v) is 1.72. The molecule has 0 aliphatic rings. The highest BCUT2D eigenvalue weighted by Crippen LogP contribution is 2.07. The zero-order valence-electron chi connectivity index (χ0n) is 10.7. The summed E-state index contributed by atoms with van der Waals surface area (Å²) in [7, 11) is 0. The molecule has 2 heterocycles. The fourth-order valence-electron chi connectivity index (χ4n) is 1.33. The molecule has 96 valence electrons. The minimum Gasteiger partial charge on any atom is -0.308 e. The van der Waals surface area contributed by atoms with E-state index in [0.717, 1.165) is 15.7 Å². The van der Waals surface area contributed by atoms with Crippen molar-refractivity contribution in [3.05, 3.63) is 33.9 Å². The predicted octanol–water partition coefficient (Wildman–Crippen LogP) is 2.16. The average molecular weight is 357 g/mol. The van der Waals surface area contributed by atoms with E-state index in [-0.39, 0.29) is 5.54 Å². The van der Waals surface area contributed by atoms with Crippen LogP contribution in [-0.2, 0) is 6.54 Å². The van der Waals surface area contributed by atoms with Crippen molar-refractivity contribution in [1.82, 2.24) is 25.1 Å². The summed E-state index contributed by atoms with van der Waals surface area (Å²) in [5.41, 5.74) is 1.16. The van der Waals surface area contributed by atoms with E-state index in [1.165, 1.54) is 0 Å². The van der Waals surface area contributed by atoms with Crippen LogP contribution in [0.3, 0.4) is 0 Å². The van der Waals surface area contributed by atoms with E-state index in [4.69, 9.17) is 0 Å². The van der Waals surface area contributed by atoms with Gasteiger partial charge in [0.05, 0.1) is 9.77 Å².